The first-order chi connectivity index (χ1) is 9.49. The van der Waals surface area contributed by atoms with E-state index in [9.17, 15) is 14.4 Å². The van der Waals surface area contributed by atoms with Crippen molar-refractivity contribution in [2.75, 3.05) is 0 Å². The Balaban J connectivity index is 2.13. The number of thiazole rings is 1. The fraction of sp³-hybridized carbons (Fsp3) is 0.167. The first kappa shape index (κ1) is 13.9. The number of aromatic amines is 1. The molecule has 2 aromatic rings. The van der Waals surface area contributed by atoms with Gasteiger partial charge in [-0.05, 0) is 19.1 Å². The van der Waals surface area contributed by atoms with Crippen molar-refractivity contribution in [1.82, 2.24) is 15.3 Å². The van der Waals surface area contributed by atoms with Gasteiger partial charge < -0.3 is 15.4 Å². The van der Waals surface area contributed by atoms with Crippen LogP contribution in [0.1, 0.15) is 38.8 Å². The third kappa shape index (κ3) is 2.91. The molecule has 104 valence electrons. The number of H-pyrrole nitrogens is 1. The molecule has 1 atom stereocenters. The predicted molar refractivity (Wildman–Crippen MR) is 72.0 cm³/mol. The van der Waals surface area contributed by atoms with E-state index >= 15 is 0 Å². The Morgan fingerprint density at radius 2 is 2.25 bits per heavy atom. The van der Waals surface area contributed by atoms with Crippen LogP contribution in [0.25, 0.3) is 0 Å². The molecule has 0 bridgehead atoms. The molecule has 0 spiro atoms. The summed E-state index contributed by atoms with van der Waals surface area (Å²) in [7, 11) is 0. The van der Waals surface area contributed by atoms with Crippen molar-refractivity contribution >= 4 is 23.2 Å². The van der Waals surface area contributed by atoms with Gasteiger partial charge in [-0.3, -0.25) is 9.59 Å². The minimum atomic E-state index is -1.12. The van der Waals surface area contributed by atoms with E-state index in [0.717, 1.165) is 11.3 Å². The lowest BCUT2D eigenvalue weighted by Crippen LogP contribution is -2.31. The van der Waals surface area contributed by atoms with Crippen LogP contribution in [-0.2, 0) is 0 Å². The molecule has 0 aliphatic carbocycles. The van der Waals surface area contributed by atoms with Gasteiger partial charge in [-0.15, -0.1) is 11.3 Å². The maximum Gasteiger partial charge on any atom is 0.355 e. The zero-order valence-electron chi connectivity index (χ0n) is 10.4. The summed E-state index contributed by atoms with van der Waals surface area (Å²) in [6.45, 7) is 1.67. The van der Waals surface area contributed by atoms with Crippen molar-refractivity contribution in [2.45, 2.75) is 13.0 Å². The number of nitrogens with one attached hydrogen (secondary N) is 2. The van der Waals surface area contributed by atoms with Crippen molar-refractivity contribution in [3.05, 3.63) is 50.3 Å². The first-order valence-corrected chi connectivity index (χ1v) is 6.54. The fourth-order valence-corrected chi connectivity index (χ4v) is 2.32. The normalized spacial score (nSPS) is 11.8. The van der Waals surface area contributed by atoms with E-state index in [1.165, 1.54) is 17.6 Å². The molecular weight excluding hydrogens is 282 g/mol. The summed E-state index contributed by atoms with van der Waals surface area (Å²) in [4.78, 5) is 40.4. The van der Waals surface area contributed by atoms with E-state index in [1.807, 2.05) is 0 Å². The summed E-state index contributed by atoms with van der Waals surface area (Å²) < 4.78 is 0. The number of amides is 1. The highest BCUT2D eigenvalue weighted by Crippen LogP contribution is 2.18. The molecule has 0 aliphatic rings. The van der Waals surface area contributed by atoms with Gasteiger partial charge in [0, 0.05) is 11.6 Å². The number of aromatic carboxylic acids is 1. The smallest absolute Gasteiger partial charge is 0.355 e. The summed E-state index contributed by atoms with van der Waals surface area (Å²) in [6, 6.07) is 2.47. The number of nitrogens with zero attached hydrogens (tertiary/aromatic N) is 1. The molecule has 0 saturated carbocycles. The first-order valence-electron chi connectivity index (χ1n) is 5.66. The van der Waals surface area contributed by atoms with Crippen LogP contribution in [0.15, 0.2) is 28.5 Å². The monoisotopic (exact) mass is 293 g/mol. The largest absolute Gasteiger partial charge is 0.476 e. The molecule has 2 rings (SSSR count). The molecule has 2 aromatic heterocycles. The molecule has 1 unspecified atom stereocenters. The van der Waals surface area contributed by atoms with Crippen LogP contribution < -0.4 is 10.9 Å². The van der Waals surface area contributed by atoms with Gasteiger partial charge >= 0.3 is 5.97 Å². The number of rotatable bonds is 4. The minimum Gasteiger partial charge on any atom is -0.476 e. The van der Waals surface area contributed by atoms with Crippen LogP contribution in [0, 0.1) is 0 Å². The van der Waals surface area contributed by atoms with E-state index in [2.05, 4.69) is 15.3 Å². The van der Waals surface area contributed by atoms with Crippen molar-refractivity contribution in [3.63, 3.8) is 0 Å². The molecule has 0 aromatic carbocycles. The van der Waals surface area contributed by atoms with E-state index < -0.39 is 23.5 Å². The lowest BCUT2D eigenvalue weighted by Gasteiger charge is -2.10. The van der Waals surface area contributed by atoms with Gasteiger partial charge in [0.15, 0.2) is 5.69 Å². The van der Waals surface area contributed by atoms with Crippen molar-refractivity contribution in [1.29, 1.82) is 0 Å². The molecular formula is C12H11N3O4S. The second-order valence-electron chi connectivity index (χ2n) is 3.98. The number of pyridine rings is 1. The number of carboxylic acids is 1. The van der Waals surface area contributed by atoms with Crippen LogP contribution in [0.5, 0.6) is 0 Å². The Hall–Kier alpha value is -2.48. The van der Waals surface area contributed by atoms with Gasteiger partial charge in [0.1, 0.15) is 10.6 Å². The number of carbonyl (C=O) groups is 2. The molecule has 3 N–H and O–H groups in total. The minimum absolute atomic E-state index is 0.00522. The van der Waals surface area contributed by atoms with Crippen LogP contribution in [0.2, 0.25) is 0 Å². The standard InChI is InChI=1S/C12H11N3O4S/c1-6(11-15-8(5-20-11)12(18)19)14-10(17)7-3-2-4-13-9(7)16/h2-6H,1H3,(H,13,16)(H,14,17)(H,18,19). The lowest BCUT2D eigenvalue weighted by atomic mass is 10.2. The Labute approximate surface area is 117 Å². The number of aromatic nitrogens is 2. The van der Waals surface area contributed by atoms with E-state index in [0.29, 0.717) is 5.01 Å². The Morgan fingerprint density at radius 3 is 2.85 bits per heavy atom. The average Bonchev–Trinajstić information content (AvgIpc) is 2.88. The maximum atomic E-state index is 11.9. The molecule has 0 saturated heterocycles. The van der Waals surface area contributed by atoms with Gasteiger partial charge in [-0.2, -0.15) is 0 Å². The molecule has 1 amide bonds. The van der Waals surface area contributed by atoms with Crippen LogP contribution in [-0.4, -0.2) is 27.0 Å². The third-order valence-corrected chi connectivity index (χ3v) is 3.55. The predicted octanol–water partition coefficient (Wildman–Crippen LogP) is 1.02. The van der Waals surface area contributed by atoms with Crippen LogP contribution >= 0.6 is 11.3 Å². The zero-order valence-corrected chi connectivity index (χ0v) is 11.2. The quantitative estimate of drug-likeness (QED) is 0.779. The van der Waals surface area contributed by atoms with Crippen LogP contribution in [0.4, 0.5) is 0 Å². The van der Waals surface area contributed by atoms with Gasteiger partial charge in [-0.25, -0.2) is 9.78 Å². The van der Waals surface area contributed by atoms with Gasteiger partial charge in [0.25, 0.3) is 11.5 Å². The van der Waals surface area contributed by atoms with Crippen LogP contribution in [0.3, 0.4) is 0 Å². The molecule has 7 nitrogen and oxygen atoms in total. The molecule has 2 heterocycles. The summed E-state index contributed by atoms with van der Waals surface area (Å²) in [5, 5.41) is 13.2. The number of carboxylic acid groups (broad SMARTS) is 1. The van der Waals surface area contributed by atoms with E-state index in [1.54, 1.807) is 13.0 Å². The summed E-state index contributed by atoms with van der Waals surface area (Å²) in [5.74, 6) is -1.66. The highest BCUT2D eigenvalue weighted by molar-refractivity contribution is 7.09. The number of hydrogen-bond donors (Lipinski definition) is 3. The maximum absolute atomic E-state index is 11.9. The summed E-state index contributed by atoms with van der Waals surface area (Å²) in [6.07, 6.45) is 1.43. The SMILES string of the molecule is CC(NC(=O)c1ccc[nH]c1=O)c1nc(C(=O)O)cs1. The van der Waals surface area contributed by atoms with Gasteiger partial charge in [0.2, 0.25) is 0 Å². The summed E-state index contributed by atoms with van der Waals surface area (Å²) >= 11 is 1.13. The highest BCUT2D eigenvalue weighted by Gasteiger charge is 2.18. The molecule has 0 radical (unpaired) electrons. The number of hydrogen-bond acceptors (Lipinski definition) is 5. The number of carbonyl (C=O) groups excluding carboxylic acids is 1. The second-order valence-corrected chi connectivity index (χ2v) is 4.87. The highest BCUT2D eigenvalue weighted by atomic mass is 32.1. The zero-order chi connectivity index (χ0) is 14.7. The molecule has 20 heavy (non-hydrogen) atoms. The lowest BCUT2D eigenvalue weighted by molar-refractivity contribution is 0.0691. The second kappa shape index (κ2) is 5.66. The van der Waals surface area contributed by atoms with E-state index in [4.69, 9.17) is 5.11 Å². The van der Waals surface area contributed by atoms with Gasteiger partial charge in [-0.1, -0.05) is 0 Å². The molecule has 0 fully saturated rings. The summed E-state index contributed by atoms with van der Waals surface area (Å²) in [5.41, 5.74) is -0.555. The average molecular weight is 293 g/mol. The van der Waals surface area contributed by atoms with Crippen molar-refractivity contribution in [3.8, 4) is 0 Å². The Bertz CT molecular complexity index is 706. The topological polar surface area (TPSA) is 112 Å². The molecule has 8 heteroatoms. The van der Waals surface area contributed by atoms with Crippen molar-refractivity contribution < 1.29 is 14.7 Å². The van der Waals surface area contributed by atoms with E-state index in [-0.39, 0.29) is 11.3 Å². The van der Waals surface area contributed by atoms with Crippen molar-refractivity contribution in [2.24, 2.45) is 0 Å². The Kier molecular flexibility index (Phi) is 3.94. The fourth-order valence-electron chi connectivity index (χ4n) is 1.52. The third-order valence-electron chi connectivity index (χ3n) is 2.52. The molecule has 0 aliphatic heterocycles. The Morgan fingerprint density at radius 1 is 1.50 bits per heavy atom. The van der Waals surface area contributed by atoms with Gasteiger partial charge in [0.05, 0.1) is 6.04 Å².